The van der Waals surface area contributed by atoms with Gasteiger partial charge in [-0.05, 0) is 66.5 Å². The lowest BCUT2D eigenvalue weighted by molar-refractivity contribution is -0.124. The first-order valence-corrected chi connectivity index (χ1v) is 11.4. The first-order valence-electron chi connectivity index (χ1n) is 11.4. The number of fused-ring (bicyclic) bond motifs is 3. The van der Waals surface area contributed by atoms with Crippen LogP contribution in [0.3, 0.4) is 0 Å². The van der Waals surface area contributed by atoms with Crippen molar-refractivity contribution in [3.05, 3.63) is 60.7 Å². The van der Waals surface area contributed by atoms with E-state index in [4.69, 9.17) is 4.74 Å². The number of nitrogens with one attached hydrogen (secondary N) is 1. The molecule has 4 aliphatic rings. The number of aromatic nitrogens is 4. The summed E-state index contributed by atoms with van der Waals surface area (Å²) in [7, 11) is 0. The number of pyridine rings is 2. The Bertz CT molecular complexity index is 1400. The van der Waals surface area contributed by atoms with Gasteiger partial charge in [0, 0.05) is 29.6 Å². The van der Waals surface area contributed by atoms with E-state index in [1.165, 1.54) is 12.1 Å². The van der Waals surface area contributed by atoms with Gasteiger partial charge in [0.15, 0.2) is 5.65 Å². The number of hydrogen-bond donors (Lipinski definition) is 1. The van der Waals surface area contributed by atoms with Gasteiger partial charge in [-0.25, -0.2) is 8.91 Å². The summed E-state index contributed by atoms with van der Waals surface area (Å²) in [6, 6.07) is 12.0. The lowest BCUT2D eigenvalue weighted by atomic mass is 9.65. The Kier molecular flexibility index (Phi) is 3.73. The van der Waals surface area contributed by atoms with E-state index in [-0.39, 0.29) is 35.1 Å². The predicted molar refractivity (Wildman–Crippen MR) is 119 cm³/mol. The number of anilines is 1. The van der Waals surface area contributed by atoms with Crippen molar-refractivity contribution >= 4 is 28.4 Å². The zero-order valence-electron chi connectivity index (χ0n) is 18.0. The van der Waals surface area contributed by atoms with Gasteiger partial charge in [-0.3, -0.25) is 15.1 Å². The SMILES string of the molecule is CC(C(=O)Nc1nc2ccccn2n1)[C@@H]1C2[C@H](Oc3ccnc4ccc(F)cc34)C[C@]13C[C@@H]23. The summed E-state index contributed by atoms with van der Waals surface area (Å²) in [6.07, 6.45) is 5.64. The van der Waals surface area contributed by atoms with Crippen molar-refractivity contribution in [2.75, 3.05) is 5.32 Å². The highest BCUT2D eigenvalue weighted by molar-refractivity contribution is 5.91. The summed E-state index contributed by atoms with van der Waals surface area (Å²) in [5.74, 6) is 1.70. The van der Waals surface area contributed by atoms with Gasteiger partial charge in [0.1, 0.15) is 17.7 Å². The number of hydrogen-bond acceptors (Lipinski definition) is 5. The summed E-state index contributed by atoms with van der Waals surface area (Å²) in [5, 5.41) is 7.93. The highest BCUT2D eigenvalue weighted by Crippen LogP contribution is 2.84. The van der Waals surface area contributed by atoms with Crippen molar-refractivity contribution < 1.29 is 13.9 Å². The number of carbonyl (C=O) groups is 1. The number of benzene rings is 1. The first kappa shape index (κ1) is 19.0. The Labute approximate surface area is 189 Å². The Hall–Kier alpha value is -3.55. The van der Waals surface area contributed by atoms with E-state index >= 15 is 0 Å². The standard InChI is InChI=1S/C25H22FN5O2/c1-13(23(32)29-24-28-20-4-2-3-9-31(20)30-24)22-21-16-11-25(16,22)12-19(21)33-18-7-8-27-17-6-5-14(26)10-15(17)18/h2-10,13,16,19,21-22H,11-12H2,1H3,(H,29,30,32)/t13?,16-,19+,21?,22+,25-/m0/s1. The summed E-state index contributed by atoms with van der Waals surface area (Å²) < 4.78 is 21.9. The molecule has 8 rings (SSSR count). The molecule has 7 nitrogen and oxygen atoms in total. The van der Waals surface area contributed by atoms with Crippen LogP contribution in [-0.2, 0) is 4.79 Å². The molecule has 4 saturated carbocycles. The van der Waals surface area contributed by atoms with Gasteiger partial charge < -0.3 is 4.74 Å². The lowest BCUT2D eigenvalue weighted by Gasteiger charge is -2.39. The van der Waals surface area contributed by atoms with Crippen LogP contribution in [0.2, 0.25) is 0 Å². The van der Waals surface area contributed by atoms with Crippen molar-refractivity contribution in [2.24, 2.45) is 29.1 Å². The monoisotopic (exact) mass is 443 g/mol. The fraction of sp³-hybridized carbons (Fsp3) is 0.360. The molecule has 0 radical (unpaired) electrons. The maximum atomic E-state index is 13.8. The van der Waals surface area contributed by atoms with Crippen molar-refractivity contribution in [2.45, 2.75) is 25.9 Å². The average Bonchev–Trinajstić information content (AvgIpc) is 3.12. The van der Waals surface area contributed by atoms with Crippen molar-refractivity contribution in [3.8, 4) is 5.75 Å². The van der Waals surface area contributed by atoms with Gasteiger partial charge in [0.2, 0.25) is 11.9 Å². The third-order valence-electron chi connectivity index (χ3n) is 8.10. The molecule has 4 aliphatic carbocycles. The quantitative estimate of drug-likeness (QED) is 0.502. The minimum absolute atomic E-state index is 0.0335. The molecule has 33 heavy (non-hydrogen) atoms. The molecule has 3 heterocycles. The van der Waals surface area contributed by atoms with Gasteiger partial charge in [0.05, 0.1) is 5.52 Å². The largest absolute Gasteiger partial charge is 0.489 e. The van der Waals surface area contributed by atoms with Gasteiger partial charge in [-0.2, -0.15) is 4.98 Å². The molecule has 0 saturated heterocycles. The van der Waals surface area contributed by atoms with E-state index in [0.29, 0.717) is 40.1 Å². The van der Waals surface area contributed by atoms with E-state index < -0.39 is 0 Å². The van der Waals surface area contributed by atoms with Crippen LogP contribution in [0, 0.1) is 34.9 Å². The highest BCUT2D eigenvalue weighted by Gasteiger charge is 2.82. The van der Waals surface area contributed by atoms with Crippen LogP contribution >= 0.6 is 0 Å². The third kappa shape index (κ3) is 2.66. The first-order chi connectivity index (χ1) is 16.0. The van der Waals surface area contributed by atoms with E-state index in [9.17, 15) is 9.18 Å². The van der Waals surface area contributed by atoms with Crippen molar-refractivity contribution in [3.63, 3.8) is 0 Å². The van der Waals surface area contributed by atoms with Crippen molar-refractivity contribution in [1.29, 1.82) is 0 Å². The van der Waals surface area contributed by atoms with Crippen molar-refractivity contribution in [1.82, 2.24) is 19.6 Å². The minimum Gasteiger partial charge on any atom is -0.489 e. The van der Waals surface area contributed by atoms with Crippen LogP contribution in [0.1, 0.15) is 19.8 Å². The molecule has 2 unspecified atom stereocenters. The summed E-state index contributed by atoms with van der Waals surface area (Å²) in [4.78, 5) is 21.8. The summed E-state index contributed by atoms with van der Waals surface area (Å²) in [5.41, 5.74) is 1.61. The molecule has 166 valence electrons. The van der Waals surface area contributed by atoms with Crippen LogP contribution in [0.15, 0.2) is 54.9 Å². The molecule has 0 aliphatic heterocycles. The molecule has 1 amide bonds. The number of halogens is 1. The van der Waals surface area contributed by atoms with Gasteiger partial charge in [0.25, 0.3) is 0 Å². The number of nitrogens with zero attached hydrogens (tertiary/aromatic N) is 4. The molecule has 4 aromatic rings. The summed E-state index contributed by atoms with van der Waals surface area (Å²) in [6.45, 7) is 2.00. The van der Waals surface area contributed by atoms with Crippen LogP contribution in [0.4, 0.5) is 10.3 Å². The Balaban J connectivity index is 1.10. The molecular weight excluding hydrogens is 421 g/mol. The molecule has 8 heteroatoms. The van der Waals surface area contributed by atoms with Crippen LogP contribution in [0.5, 0.6) is 5.75 Å². The lowest BCUT2D eigenvalue weighted by Crippen LogP contribution is -2.43. The van der Waals surface area contributed by atoms with E-state index in [1.807, 2.05) is 25.1 Å². The Morgan fingerprint density at radius 2 is 2.18 bits per heavy atom. The molecule has 2 bridgehead atoms. The van der Waals surface area contributed by atoms with Gasteiger partial charge in [-0.1, -0.05) is 13.0 Å². The molecule has 1 aromatic carbocycles. The van der Waals surface area contributed by atoms with Gasteiger partial charge >= 0.3 is 0 Å². The molecule has 1 N–H and O–H groups in total. The average molecular weight is 443 g/mol. The second kappa shape index (κ2) is 6.50. The van der Waals surface area contributed by atoms with Gasteiger partial charge in [-0.15, -0.1) is 5.10 Å². The molecule has 6 atom stereocenters. The zero-order chi connectivity index (χ0) is 22.3. The topological polar surface area (TPSA) is 81.4 Å². The normalized spacial score (nSPS) is 30.0. The number of rotatable bonds is 5. The molecular formula is C25H22FN5O2. The second-order valence-electron chi connectivity index (χ2n) is 9.69. The van der Waals surface area contributed by atoms with Crippen LogP contribution < -0.4 is 10.1 Å². The maximum absolute atomic E-state index is 13.8. The Morgan fingerprint density at radius 3 is 3.06 bits per heavy atom. The van der Waals surface area contributed by atoms with E-state index in [0.717, 1.165) is 12.8 Å². The highest BCUT2D eigenvalue weighted by atomic mass is 19.1. The summed E-state index contributed by atoms with van der Waals surface area (Å²) >= 11 is 0. The zero-order valence-corrected chi connectivity index (χ0v) is 18.0. The van der Waals surface area contributed by atoms with E-state index in [1.54, 1.807) is 29.0 Å². The third-order valence-corrected chi connectivity index (χ3v) is 8.10. The number of ether oxygens (including phenoxy) is 1. The van der Waals surface area contributed by atoms with Crippen LogP contribution in [-0.4, -0.2) is 31.6 Å². The second-order valence-corrected chi connectivity index (χ2v) is 9.69. The fourth-order valence-electron chi connectivity index (χ4n) is 6.72. The fourth-order valence-corrected chi connectivity index (χ4v) is 6.72. The minimum atomic E-state index is -0.304. The molecule has 4 fully saturated rings. The molecule has 3 aromatic heterocycles. The number of carbonyl (C=O) groups excluding carboxylic acids is 1. The number of amides is 1. The smallest absolute Gasteiger partial charge is 0.249 e. The predicted octanol–water partition coefficient (Wildman–Crippen LogP) is 4.09. The Morgan fingerprint density at radius 1 is 1.27 bits per heavy atom. The van der Waals surface area contributed by atoms with E-state index in [2.05, 4.69) is 20.4 Å². The van der Waals surface area contributed by atoms with Crippen LogP contribution in [0.25, 0.3) is 16.6 Å². The molecule has 1 spiro atoms. The maximum Gasteiger partial charge on any atom is 0.249 e.